The number of fused-ring (bicyclic) bond motifs is 3. The molecular formula is C24H26FN3O. The van der Waals surface area contributed by atoms with Crippen LogP contribution in [-0.4, -0.2) is 48.9 Å². The molecule has 1 aliphatic carbocycles. The number of amides is 1. The number of carbonyl (C=O) groups is 1. The second kappa shape index (κ2) is 7.30. The Morgan fingerprint density at radius 3 is 2.59 bits per heavy atom. The molecule has 1 amide bonds. The van der Waals surface area contributed by atoms with Crippen molar-refractivity contribution in [3.05, 3.63) is 77.1 Å². The third-order valence-electron chi connectivity index (χ3n) is 6.65. The average Bonchev–Trinajstić information content (AvgIpc) is 3.24. The first-order valence-electron chi connectivity index (χ1n) is 10.4. The lowest BCUT2D eigenvalue weighted by Gasteiger charge is -2.39. The SMILES string of the molecule is CN1CCN(C(=O)c2cccc3c2NC(c2ccc(F)cc2)C2CC=CC32)CC1. The highest BCUT2D eigenvalue weighted by Gasteiger charge is 2.39. The number of allylic oxidation sites excluding steroid dienone is 2. The Bertz CT molecular complexity index is 947. The van der Waals surface area contributed by atoms with Gasteiger partial charge in [0.05, 0.1) is 17.3 Å². The van der Waals surface area contributed by atoms with Crippen LogP contribution in [0.1, 0.15) is 39.9 Å². The van der Waals surface area contributed by atoms with Gasteiger partial charge < -0.3 is 15.1 Å². The Kier molecular flexibility index (Phi) is 4.63. The molecule has 0 spiro atoms. The Balaban J connectivity index is 1.52. The first-order valence-corrected chi connectivity index (χ1v) is 10.4. The minimum Gasteiger partial charge on any atom is -0.377 e. The van der Waals surface area contributed by atoms with Crippen molar-refractivity contribution in [3.8, 4) is 0 Å². The van der Waals surface area contributed by atoms with Gasteiger partial charge >= 0.3 is 0 Å². The largest absolute Gasteiger partial charge is 0.377 e. The van der Waals surface area contributed by atoms with Crippen LogP contribution >= 0.6 is 0 Å². The van der Waals surface area contributed by atoms with Crippen LogP contribution in [0, 0.1) is 11.7 Å². The van der Waals surface area contributed by atoms with E-state index in [2.05, 4.69) is 35.5 Å². The highest BCUT2D eigenvalue weighted by Crippen LogP contribution is 2.50. The lowest BCUT2D eigenvalue weighted by molar-refractivity contribution is 0.0664. The van der Waals surface area contributed by atoms with Gasteiger partial charge in [-0.15, -0.1) is 0 Å². The molecule has 0 bridgehead atoms. The van der Waals surface area contributed by atoms with Crippen LogP contribution in [0.4, 0.5) is 10.1 Å². The first kappa shape index (κ1) is 18.4. The predicted molar refractivity (Wildman–Crippen MR) is 113 cm³/mol. The Hall–Kier alpha value is -2.66. The maximum atomic E-state index is 13.5. The monoisotopic (exact) mass is 391 g/mol. The standard InChI is InChI=1S/C24H26FN3O/c1-27-12-14-28(15-13-27)24(29)21-7-3-6-20-18-4-2-5-19(18)22(26-23(20)21)16-8-10-17(25)11-9-16/h2-4,6-11,18-19,22,26H,5,12-15H2,1H3. The van der Waals surface area contributed by atoms with Gasteiger partial charge in [0.15, 0.2) is 0 Å². The lowest BCUT2D eigenvalue weighted by Crippen LogP contribution is -2.47. The van der Waals surface area contributed by atoms with Crippen molar-refractivity contribution in [3.63, 3.8) is 0 Å². The summed E-state index contributed by atoms with van der Waals surface area (Å²) in [7, 11) is 2.09. The molecule has 2 heterocycles. The van der Waals surface area contributed by atoms with Gasteiger partial charge in [-0.1, -0.05) is 36.4 Å². The van der Waals surface area contributed by atoms with Crippen LogP contribution in [-0.2, 0) is 0 Å². The smallest absolute Gasteiger partial charge is 0.256 e. The fourth-order valence-corrected chi connectivity index (χ4v) is 4.98. The molecule has 2 aliphatic heterocycles. The third-order valence-corrected chi connectivity index (χ3v) is 6.65. The number of hydrogen-bond donors (Lipinski definition) is 1. The normalized spacial score (nSPS) is 26.0. The Labute approximate surface area is 171 Å². The fourth-order valence-electron chi connectivity index (χ4n) is 4.98. The molecule has 3 aliphatic rings. The van der Waals surface area contributed by atoms with Crippen molar-refractivity contribution in [1.29, 1.82) is 0 Å². The maximum Gasteiger partial charge on any atom is 0.256 e. The van der Waals surface area contributed by atoms with E-state index in [9.17, 15) is 9.18 Å². The number of nitrogens with zero attached hydrogens (tertiary/aromatic N) is 2. The molecule has 0 saturated carbocycles. The molecular weight excluding hydrogens is 365 g/mol. The van der Waals surface area contributed by atoms with Crippen molar-refractivity contribution < 1.29 is 9.18 Å². The van der Waals surface area contributed by atoms with Crippen LogP contribution in [0.25, 0.3) is 0 Å². The van der Waals surface area contributed by atoms with E-state index in [1.807, 2.05) is 29.2 Å². The van der Waals surface area contributed by atoms with Crippen LogP contribution in [0.5, 0.6) is 0 Å². The fraction of sp³-hybridized carbons (Fsp3) is 0.375. The van der Waals surface area contributed by atoms with E-state index in [1.165, 1.54) is 17.7 Å². The molecule has 4 nitrogen and oxygen atoms in total. The molecule has 0 radical (unpaired) electrons. The van der Waals surface area contributed by atoms with Gasteiger partial charge in [0.25, 0.3) is 5.91 Å². The molecule has 2 aromatic carbocycles. The summed E-state index contributed by atoms with van der Waals surface area (Å²) in [6, 6.07) is 12.9. The zero-order valence-electron chi connectivity index (χ0n) is 16.6. The number of anilines is 1. The van der Waals surface area contributed by atoms with E-state index in [4.69, 9.17) is 0 Å². The average molecular weight is 391 g/mol. The third kappa shape index (κ3) is 3.23. The molecule has 3 unspecified atom stereocenters. The highest BCUT2D eigenvalue weighted by molar-refractivity contribution is 6.01. The van der Waals surface area contributed by atoms with Crippen molar-refractivity contribution >= 4 is 11.6 Å². The van der Waals surface area contributed by atoms with E-state index >= 15 is 0 Å². The summed E-state index contributed by atoms with van der Waals surface area (Å²) in [6.07, 6.45) is 5.48. The second-order valence-corrected chi connectivity index (χ2v) is 8.39. The van der Waals surface area contributed by atoms with Crippen molar-refractivity contribution in [1.82, 2.24) is 9.80 Å². The van der Waals surface area contributed by atoms with E-state index in [1.54, 1.807) is 0 Å². The van der Waals surface area contributed by atoms with Crippen molar-refractivity contribution in [2.75, 3.05) is 38.5 Å². The van der Waals surface area contributed by atoms with Crippen LogP contribution in [0.3, 0.4) is 0 Å². The van der Waals surface area contributed by atoms with Gasteiger partial charge in [0.1, 0.15) is 5.82 Å². The van der Waals surface area contributed by atoms with Crippen molar-refractivity contribution in [2.45, 2.75) is 18.4 Å². The predicted octanol–water partition coefficient (Wildman–Crippen LogP) is 4.04. The number of halogens is 1. The van der Waals surface area contributed by atoms with Gasteiger partial charge in [0, 0.05) is 32.1 Å². The van der Waals surface area contributed by atoms with Crippen LogP contribution in [0.15, 0.2) is 54.6 Å². The second-order valence-electron chi connectivity index (χ2n) is 8.39. The summed E-state index contributed by atoms with van der Waals surface area (Å²) >= 11 is 0. The Morgan fingerprint density at radius 2 is 1.83 bits per heavy atom. The number of piperazine rings is 1. The number of rotatable bonds is 2. The Morgan fingerprint density at radius 1 is 1.07 bits per heavy atom. The number of para-hydroxylation sites is 1. The topological polar surface area (TPSA) is 35.6 Å². The highest BCUT2D eigenvalue weighted by atomic mass is 19.1. The summed E-state index contributed by atoms with van der Waals surface area (Å²) in [4.78, 5) is 17.6. The minimum absolute atomic E-state index is 0.0598. The summed E-state index contributed by atoms with van der Waals surface area (Å²) < 4.78 is 13.5. The summed E-state index contributed by atoms with van der Waals surface area (Å²) in [5.41, 5.74) is 3.95. The van der Waals surface area contributed by atoms with Gasteiger partial charge in [0.2, 0.25) is 0 Å². The van der Waals surface area contributed by atoms with Crippen molar-refractivity contribution in [2.24, 2.45) is 5.92 Å². The van der Waals surface area contributed by atoms with Crippen LogP contribution in [0.2, 0.25) is 0 Å². The number of nitrogens with one attached hydrogen (secondary N) is 1. The molecule has 2 aromatic rings. The summed E-state index contributed by atoms with van der Waals surface area (Å²) in [6.45, 7) is 3.32. The molecule has 5 heteroatoms. The van der Waals surface area contributed by atoms with Gasteiger partial charge in [-0.05, 0) is 48.7 Å². The lowest BCUT2D eigenvalue weighted by atomic mass is 9.76. The molecule has 0 aromatic heterocycles. The number of carbonyl (C=O) groups excluding carboxylic acids is 1. The van der Waals surface area contributed by atoms with Crippen LogP contribution < -0.4 is 5.32 Å². The molecule has 5 rings (SSSR count). The van der Waals surface area contributed by atoms with Gasteiger partial charge in [-0.2, -0.15) is 0 Å². The van der Waals surface area contributed by atoms with E-state index in [0.717, 1.165) is 49.4 Å². The first-order chi connectivity index (χ1) is 14.1. The van der Waals surface area contributed by atoms with E-state index in [0.29, 0.717) is 5.92 Å². The summed E-state index contributed by atoms with van der Waals surface area (Å²) in [5, 5.41) is 3.68. The quantitative estimate of drug-likeness (QED) is 0.785. The minimum atomic E-state index is -0.225. The van der Waals surface area contributed by atoms with E-state index < -0.39 is 0 Å². The van der Waals surface area contributed by atoms with Gasteiger partial charge in [-0.3, -0.25) is 4.79 Å². The summed E-state index contributed by atoms with van der Waals surface area (Å²) in [5.74, 6) is 0.529. The number of likely N-dealkylation sites (N-methyl/N-ethyl adjacent to an activating group) is 1. The number of benzene rings is 2. The molecule has 1 saturated heterocycles. The molecule has 150 valence electrons. The molecule has 1 N–H and O–H groups in total. The zero-order valence-corrected chi connectivity index (χ0v) is 16.6. The molecule has 29 heavy (non-hydrogen) atoms. The van der Waals surface area contributed by atoms with Gasteiger partial charge in [-0.25, -0.2) is 4.39 Å². The molecule has 3 atom stereocenters. The zero-order chi connectivity index (χ0) is 20.0. The number of hydrogen-bond acceptors (Lipinski definition) is 3. The molecule has 1 fully saturated rings. The van der Waals surface area contributed by atoms with E-state index in [-0.39, 0.29) is 23.7 Å². The maximum absolute atomic E-state index is 13.5.